The van der Waals surface area contributed by atoms with Crippen molar-refractivity contribution in [2.24, 2.45) is 0 Å². The highest BCUT2D eigenvalue weighted by Gasteiger charge is 1.99. The molecule has 0 aliphatic carbocycles. The van der Waals surface area contributed by atoms with Gasteiger partial charge in [-0.15, -0.1) is 0 Å². The van der Waals surface area contributed by atoms with Gasteiger partial charge >= 0.3 is 0 Å². The summed E-state index contributed by atoms with van der Waals surface area (Å²) in [6.07, 6.45) is 5.29. The highest BCUT2D eigenvalue weighted by atomic mass is 16.3. The van der Waals surface area contributed by atoms with Crippen LogP contribution in [0.25, 0.3) is 11.0 Å². The second kappa shape index (κ2) is 4.29. The summed E-state index contributed by atoms with van der Waals surface area (Å²) in [6.45, 7) is 0.766. The molecule has 0 spiro atoms. The van der Waals surface area contributed by atoms with Crippen molar-refractivity contribution in [1.82, 2.24) is 4.98 Å². The van der Waals surface area contributed by atoms with Gasteiger partial charge in [-0.05, 0) is 29.8 Å². The minimum absolute atomic E-state index is 0.766. The minimum Gasteiger partial charge on any atom is -0.464 e. The second-order valence-electron chi connectivity index (χ2n) is 3.89. The SMILES string of the molecule is c1cncc(NCc2ccc3ccoc3c2)c1. The Labute approximate surface area is 99.1 Å². The molecule has 1 aromatic carbocycles. The van der Waals surface area contributed by atoms with Crippen molar-refractivity contribution in [1.29, 1.82) is 0 Å². The van der Waals surface area contributed by atoms with Gasteiger partial charge in [0.1, 0.15) is 5.58 Å². The van der Waals surface area contributed by atoms with Crippen molar-refractivity contribution < 1.29 is 4.42 Å². The number of rotatable bonds is 3. The Hall–Kier alpha value is -2.29. The number of anilines is 1. The van der Waals surface area contributed by atoms with E-state index >= 15 is 0 Å². The third-order valence-electron chi connectivity index (χ3n) is 2.68. The predicted molar refractivity (Wildman–Crippen MR) is 67.8 cm³/mol. The van der Waals surface area contributed by atoms with Crippen LogP contribution in [0.4, 0.5) is 5.69 Å². The van der Waals surface area contributed by atoms with Crippen LogP contribution in [-0.2, 0) is 6.54 Å². The van der Waals surface area contributed by atoms with E-state index < -0.39 is 0 Å². The lowest BCUT2D eigenvalue weighted by Crippen LogP contribution is -1.99. The molecule has 3 heteroatoms. The third-order valence-corrected chi connectivity index (χ3v) is 2.68. The Bertz CT molecular complexity index is 616. The molecule has 0 atom stereocenters. The Morgan fingerprint density at radius 2 is 2.18 bits per heavy atom. The third kappa shape index (κ3) is 2.13. The van der Waals surface area contributed by atoms with Gasteiger partial charge in [-0.2, -0.15) is 0 Å². The zero-order valence-electron chi connectivity index (χ0n) is 9.26. The Balaban J connectivity index is 1.76. The van der Waals surface area contributed by atoms with Crippen molar-refractivity contribution in [3.05, 3.63) is 60.6 Å². The molecule has 84 valence electrons. The van der Waals surface area contributed by atoms with Gasteiger partial charge in [-0.1, -0.05) is 12.1 Å². The van der Waals surface area contributed by atoms with Gasteiger partial charge in [0.25, 0.3) is 0 Å². The second-order valence-corrected chi connectivity index (χ2v) is 3.89. The van der Waals surface area contributed by atoms with E-state index in [9.17, 15) is 0 Å². The summed E-state index contributed by atoms with van der Waals surface area (Å²) in [5.41, 5.74) is 3.14. The van der Waals surface area contributed by atoms with Crippen LogP contribution in [0.15, 0.2) is 59.5 Å². The number of nitrogens with one attached hydrogen (secondary N) is 1. The predicted octanol–water partition coefficient (Wildman–Crippen LogP) is 3.44. The van der Waals surface area contributed by atoms with Crippen molar-refractivity contribution >= 4 is 16.7 Å². The molecule has 1 N–H and O–H groups in total. The molecule has 0 fully saturated rings. The maximum Gasteiger partial charge on any atom is 0.134 e. The van der Waals surface area contributed by atoms with Crippen molar-refractivity contribution in [2.75, 3.05) is 5.32 Å². The van der Waals surface area contributed by atoms with E-state index in [2.05, 4.69) is 28.5 Å². The molecule has 3 rings (SSSR count). The van der Waals surface area contributed by atoms with Gasteiger partial charge < -0.3 is 9.73 Å². The number of hydrogen-bond acceptors (Lipinski definition) is 3. The summed E-state index contributed by atoms with van der Waals surface area (Å²) in [7, 11) is 0. The normalized spacial score (nSPS) is 10.6. The fourth-order valence-corrected chi connectivity index (χ4v) is 1.78. The molecule has 0 aliphatic heterocycles. The lowest BCUT2D eigenvalue weighted by molar-refractivity contribution is 0.615. The molecule has 17 heavy (non-hydrogen) atoms. The summed E-state index contributed by atoms with van der Waals surface area (Å²) < 4.78 is 5.37. The van der Waals surface area contributed by atoms with Gasteiger partial charge in [0, 0.05) is 24.3 Å². The number of hydrogen-bond donors (Lipinski definition) is 1. The van der Waals surface area contributed by atoms with Crippen LogP contribution in [0.5, 0.6) is 0 Å². The van der Waals surface area contributed by atoms with Crippen LogP contribution in [0.3, 0.4) is 0 Å². The van der Waals surface area contributed by atoms with Gasteiger partial charge in [0.05, 0.1) is 12.0 Å². The van der Waals surface area contributed by atoms with Crippen LogP contribution in [0, 0.1) is 0 Å². The first-order chi connectivity index (χ1) is 8.42. The molecule has 0 amide bonds. The molecular formula is C14H12N2O. The average molecular weight is 224 g/mol. The largest absolute Gasteiger partial charge is 0.464 e. The van der Waals surface area contributed by atoms with Crippen LogP contribution in [0.1, 0.15) is 5.56 Å². The summed E-state index contributed by atoms with van der Waals surface area (Å²) in [5, 5.41) is 4.45. The molecule has 0 bridgehead atoms. The number of fused-ring (bicyclic) bond motifs is 1. The van der Waals surface area contributed by atoms with Crippen molar-refractivity contribution in [2.45, 2.75) is 6.54 Å². The maximum atomic E-state index is 5.37. The summed E-state index contributed by atoms with van der Waals surface area (Å²) in [4.78, 5) is 4.06. The quantitative estimate of drug-likeness (QED) is 0.740. The van der Waals surface area contributed by atoms with Crippen LogP contribution in [-0.4, -0.2) is 4.98 Å². The summed E-state index contributed by atoms with van der Waals surface area (Å²) in [6, 6.07) is 12.1. The molecule has 3 nitrogen and oxygen atoms in total. The fourth-order valence-electron chi connectivity index (χ4n) is 1.78. The molecule has 2 aromatic heterocycles. The Morgan fingerprint density at radius 1 is 1.18 bits per heavy atom. The standard InChI is InChI=1S/C14H12N2O/c1-2-13(10-15-6-1)16-9-11-3-4-12-5-7-17-14(12)8-11/h1-8,10,16H,9H2. The number of aromatic nitrogens is 1. The van der Waals surface area contributed by atoms with E-state index in [0.29, 0.717) is 0 Å². The molecule has 0 saturated carbocycles. The van der Waals surface area contributed by atoms with E-state index in [-0.39, 0.29) is 0 Å². The first kappa shape index (κ1) is 9.90. The van der Waals surface area contributed by atoms with E-state index in [0.717, 1.165) is 23.2 Å². The molecular weight excluding hydrogens is 212 g/mol. The molecule has 2 heterocycles. The van der Waals surface area contributed by atoms with Gasteiger partial charge in [0.15, 0.2) is 0 Å². The van der Waals surface area contributed by atoms with Gasteiger partial charge in [-0.3, -0.25) is 4.98 Å². The van der Waals surface area contributed by atoms with Crippen molar-refractivity contribution in [3.8, 4) is 0 Å². The van der Waals surface area contributed by atoms with E-state index in [1.165, 1.54) is 5.56 Å². The Morgan fingerprint density at radius 3 is 3.06 bits per heavy atom. The number of furan rings is 1. The monoisotopic (exact) mass is 224 g/mol. The van der Waals surface area contributed by atoms with E-state index in [1.807, 2.05) is 24.4 Å². The zero-order chi connectivity index (χ0) is 11.5. The summed E-state index contributed by atoms with van der Waals surface area (Å²) in [5.74, 6) is 0. The highest BCUT2D eigenvalue weighted by Crippen LogP contribution is 2.17. The molecule has 0 radical (unpaired) electrons. The molecule has 0 saturated heterocycles. The van der Waals surface area contributed by atoms with E-state index in [4.69, 9.17) is 4.42 Å². The lowest BCUT2D eigenvalue weighted by atomic mass is 10.1. The van der Waals surface area contributed by atoms with Gasteiger partial charge in [-0.25, -0.2) is 0 Å². The molecule has 0 unspecified atom stereocenters. The lowest BCUT2D eigenvalue weighted by Gasteiger charge is -2.05. The average Bonchev–Trinajstić information content (AvgIpc) is 2.85. The molecule has 3 aromatic rings. The molecule has 0 aliphatic rings. The first-order valence-electron chi connectivity index (χ1n) is 5.52. The zero-order valence-corrected chi connectivity index (χ0v) is 9.26. The Kier molecular flexibility index (Phi) is 2.50. The topological polar surface area (TPSA) is 38.1 Å². The van der Waals surface area contributed by atoms with E-state index in [1.54, 1.807) is 12.5 Å². The number of pyridine rings is 1. The van der Waals surface area contributed by atoms with Crippen LogP contribution >= 0.6 is 0 Å². The first-order valence-corrected chi connectivity index (χ1v) is 5.52. The van der Waals surface area contributed by atoms with Crippen molar-refractivity contribution in [3.63, 3.8) is 0 Å². The number of benzene rings is 1. The highest BCUT2D eigenvalue weighted by molar-refractivity contribution is 5.77. The summed E-state index contributed by atoms with van der Waals surface area (Å²) >= 11 is 0. The van der Waals surface area contributed by atoms with Crippen LogP contribution in [0.2, 0.25) is 0 Å². The smallest absolute Gasteiger partial charge is 0.134 e. The minimum atomic E-state index is 0.766. The fraction of sp³-hybridized carbons (Fsp3) is 0.0714. The van der Waals surface area contributed by atoms with Gasteiger partial charge in [0.2, 0.25) is 0 Å². The number of nitrogens with zero attached hydrogens (tertiary/aromatic N) is 1. The maximum absolute atomic E-state index is 5.37. The van der Waals surface area contributed by atoms with Crippen LogP contribution < -0.4 is 5.32 Å².